The fourth-order valence-corrected chi connectivity index (χ4v) is 2.83. The van der Waals surface area contributed by atoms with E-state index in [9.17, 15) is 0 Å². The predicted molar refractivity (Wildman–Crippen MR) is 97.3 cm³/mol. The molecule has 118 valence electrons. The van der Waals surface area contributed by atoms with Gasteiger partial charge in [0.1, 0.15) is 0 Å². The zero-order chi connectivity index (χ0) is 16.2. The summed E-state index contributed by atoms with van der Waals surface area (Å²) in [7, 11) is 1.71. The molecule has 3 rings (SSSR count). The summed E-state index contributed by atoms with van der Waals surface area (Å²) in [5.74, 6) is 0.564. The summed E-state index contributed by atoms with van der Waals surface area (Å²) in [6, 6.07) is 17.1. The summed E-state index contributed by atoms with van der Waals surface area (Å²) >= 11 is 0. The van der Waals surface area contributed by atoms with Crippen molar-refractivity contribution < 1.29 is 4.84 Å². The molecule has 2 aromatic rings. The molecule has 2 aromatic carbocycles. The molecule has 0 N–H and O–H groups in total. The largest absolute Gasteiger partial charge is 0.272 e. The van der Waals surface area contributed by atoms with Crippen molar-refractivity contribution in [3.05, 3.63) is 83.1 Å². The number of fused-ring (bicyclic) bond motifs is 1. The Labute approximate surface area is 138 Å². The van der Waals surface area contributed by atoms with E-state index in [1.165, 1.54) is 16.7 Å². The SMILES string of the molecule is CON1C(C=Cc2ccc(C(C)C)cc2)=CCc2ccccc21. The van der Waals surface area contributed by atoms with Gasteiger partial charge in [-0.1, -0.05) is 68.5 Å². The van der Waals surface area contributed by atoms with Gasteiger partial charge in [0, 0.05) is 0 Å². The van der Waals surface area contributed by atoms with E-state index >= 15 is 0 Å². The first kappa shape index (κ1) is 15.6. The Bertz CT molecular complexity index is 726. The molecule has 1 heterocycles. The lowest BCUT2D eigenvalue weighted by Crippen LogP contribution is -2.24. The highest BCUT2D eigenvalue weighted by Crippen LogP contribution is 2.30. The molecule has 0 saturated carbocycles. The molecule has 2 nitrogen and oxygen atoms in total. The molecule has 0 bridgehead atoms. The highest BCUT2D eigenvalue weighted by Gasteiger charge is 2.17. The zero-order valence-corrected chi connectivity index (χ0v) is 14.0. The van der Waals surface area contributed by atoms with Crippen molar-refractivity contribution >= 4 is 11.8 Å². The second kappa shape index (κ2) is 6.84. The van der Waals surface area contributed by atoms with Gasteiger partial charge in [0.15, 0.2) is 0 Å². The molecule has 0 fully saturated rings. The van der Waals surface area contributed by atoms with Crippen LogP contribution in [0.5, 0.6) is 0 Å². The van der Waals surface area contributed by atoms with Crippen LogP contribution in [0.4, 0.5) is 5.69 Å². The molecular weight excluding hydrogens is 282 g/mol. The Morgan fingerprint density at radius 3 is 2.43 bits per heavy atom. The third-order valence-corrected chi connectivity index (χ3v) is 4.21. The van der Waals surface area contributed by atoms with Crippen LogP contribution in [0.15, 0.2) is 66.4 Å². The van der Waals surface area contributed by atoms with E-state index in [0.29, 0.717) is 5.92 Å². The van der Waals surface area contributed by atoms with Crippen LogP contribution in [0.1, 0.15) is 36.5 Å². The molecule has 0 aromatic heterocycles. The average molecular weight is 305 g/mol. The van der Waals surface area contributed by atoms with Crippen molar-refractivity contribution in [3.8, 4) is 0 Å². The first-order chi connectivity index (χ1) is 11.2. The lowest BCUT2D eigenvalue weighted by atomic mass is 10.0. The Morgan fingerprint density at radius 2 is 1.74 bits per heavy atom. The lowest BCUT2D eigenvalue weighted by Gasteiger charge is -2.28. The van der Waals surface area contributed by atoms with Crippen LogP contribution in [-0.4, -0.2) is 7.11 Å². The van der Waals surface area contributed by atoms with Crippen molar-refractivity contribution in [3.63, 3.8) is 0 Å². The summed E-state index contributed by atoms with van der Waals surface area (Å²) in [5.41, 5.74) is 6.04. The number of benzene rings is 2. The molecule has 23 heavy (non-hydrogen) atoms. The standard InChI is InChI=1S/C21H23NO/c1-16(2)18-11-8-17(9-12-18)10-14-20-15-13-19-6-4-5-7-21(19)22(20)23-3/h4-12,14-16H,13H2,1-3H3. The number of allylic oxidation sites excluding steroid dienone is 2. The van der Waals surface area contributed by atoms with Crippen LogP contribution in [0.3, 0.4) is 0 Å². The Kier molecular flexibility index (Phi) is 4.63. The van der Waals surface area contributed by atoms with Crippen molar-refractivity contribution in [1.82, 2.24) is 0 Å². The second-order valence-corrected chi connectivity index (χ2v) is 6.09. The zero-order valence-electron chi connectivity index (χ0n) is 14.0. The highest BCUT2D eigenvalue weighted by molar-refractivity contribution is 5.64. The molecule has 0 spiro atoms. The smallest absolute Gasteiger partial charge is 0.0730 e. The molecular formula is C21H23NO. The predicted octanol–water partition coefficient (Wildman–Crippen LogP) is 5.33. The van der Waals surface area contributed by atoms with Gasteiger partial charge < -0.3 is 0 Å². The Morgan fingerprint density at radius 1 is 1.00 bits per heavy atom. The molecule has 1 aliphatic rings. The van der Waals surface area contributed by atoms with Gasteiger partial charge in [-0.25, -0.2) is 5.06 Å². The van der Waals surface area contributed by atoms with Crippen molar-refractivity contribution in [2.45, 2.75) is 26.2 Å². The number of rotatable bonds is 4. The maximum absolute atomic E-state index is 5.58. The van der Waals surface area contributed by atoms with Crippen LogP contribution in [0.25, 0.3) is 6.08 Å². The number of hydrogen-bond acceptors (Lipinski definition) is 2. The summed E-state index contributed by atoms with van der Waals surface area (Å²) in [5, 5.41) is 1.89. The number of anilines is 1. The molecule has 0 unspecified atom stereocenters. The number of nitrogens with zero attached hydrogens (tertiary/aromatic N) is 1. The third kappa shape index (κ3) is 3.38. The van der Waals surface area contributed by atoms with Gasteiger partial charge in [-0.05, 0) is 41.2 Å². The van der Waals surface area contributed by atoms with Crippen LogP contribution < -0.4 is 5.06 Å². The number of para-hydroxylation sites is 1. The van der Waals surface area contributed by atoms with Gasteiger partial charge in [-0.2, -0.15) is 0 Å². The van der Waals surface area contributed by atoms with E-state index in [1.54, 1.807) is 7.11 Å². The minimum absolute atomic E-state index is 0.564. The molecule has 0 atom stereocenters. The molecule has 0 saturated heterocycles. The minimum atomic E-state index is 0.564. The second-order valence-electron chi connectivity index (χ2n) is 6.09. The molecule has 1 aliphatic heterocycles. The lowest BCUT2D eigenvalue weighted by molar-refractivity contribution is 0.189. The fourth-order valence-electron chi connectivity index (χ4n) is 2.83. The van der Waals surface area contributed by atoms with Crippen molar-refractivity contribution in [2.24, 2.45) is 0 Å². The number of hydrogen-bond donors (Lipinski definition) is 0. The van der Waals surface area contributed by atoms with E-state index in [0.717, 1.165) is 17.8 Å². The van der Waals surface area contributed by atoms with E-state index in [1.807, 2.05) is 11.1 Å². The van der Waals surface area contributed by atoms with Crippen LogP contribution in [0, 0.1) is 0 Å². The summed E-state index contributed by atoms with van der Waals surface area (Å²) in [6.07, 6.45) is 7.38. The topological polar surface area (TPSA) is 12.5 Å². The molecule has 2 heteroatoms. The van der Waals surface area contributed by atoms with Crippen molar-refractivity contribution in [1.29, 1.82) is 0 Å². The number of hydroxylamine groups is 1. The van der Waals surface area contributed by atoms with Crippen LogP contribution in [-0.2, 0) is 11.3 Å². The van der Waals surface area contributed by atoms with Gasteiger partial charge in [0.25, 0.3) is 0 Å². The first-order valence-electron chi connectivity index (χ1n) is 8.09. The quantitative estimate of drug-likeness (QED) is 0.757. The van der Waals surface area contributed by atoms with Gasteiger partial charge in [0.05, 0.1) is 18.5 Å². The minimum Gasteiger partial charge on any atom is -0.272 e. The van der Waals surface area contributed by atoms with Gasteiger partial charge in [-0.3, -0.25) is 4.84 Å². The van der Waals surface area contributed by atoms with Gasteiger partial charge in [0.2, 0.25) is 0 Å². The molecule has 0 radical (unpaired) electrons. The summed E-state index contributed by atoms with van der Waals surface area (Å²) in [6.45, 7) is 4.43. The maximum atomic E-state index is 5.58. The van der Waals surface area contributed by atoms with E-state index in [2.05, 4.69) is 74.5 Å². The molecule has 0 aliphatic carbocycles. The van der Waals surface area contributed by atoms with Crippen LogP contribution >= 0.6 is 0 Å². The molecule has 0 amide bonds. The van der Waals surface area contributed by atoms with Gasteiger partial charge >= 0.3 is 0 Å². The van der Waals surface area contributed by atoms with Crippen LogP contribution in [0.2, 0.25) is 0 Å². The summed E-state index contributed by atoms with van der Waals surface area (Å²) < 4.78 is 0. The van der Waals surface area contributed by atoms with E-state index in [4.69, 9.17) is 4.84 Å². The normalized spacial score (nSPS) is 14.3. The third-order valence-electron chi connectivity index (χ3n) is 4.21. The maximum Gasteiger partial charge on any atom is 0.0730 e. The van der Waals surface area contributed by atoms with E-state index in [-0.39, 0.29) is 0 Å². The Balaban J connectivity index is 1.81. The van der Waals surface area contributed by atoms with Gasteiger partial charge in [-0.15, -0.1) is 0 Å². The Hall–Kier alpha value is -2.32. The average Bonchev–Trinajstić information content (AvgIpc) is 2.59. The summed E-state index contributed by atoms with van der Waals surface area (Å²) in [4.78, 5) is 5.58. The highest BCUT2D eigenvalue weighted by atomic mass is 16.7. The fraction of sp³-hybridized carbons (Fsp3) is 0.238. The first-order valence-corrected chi connectivity index (χ1v) is 8.09. The monoisotopic (exact) mass is 305 g/mol. The van der Waals surface area contributed by atoms with Crippen molar-refractivity contribution in [2.75, 3.05) is 12.2 Å². The van der Waals surface area contributed by atoms with E-state index < -0.39 is 0 Å².